The van der Waals surface area contributed by atoms with Gasteiger partial charge in [0.2, 0.25) is 5.91 Å². The summed E-state index contributed by atoms with van der Waals surface area (Å²) in [5.74, 6) is 0.920. The quantitative estimate of drug-likeness (QED) is 0.689. The van der Waals surface area contributed by atoms with Crippen LogP contribution in [0.3, 0.4) is 0 Å². The Labute approximate surface area is 159 Å². The molecule has 28 heavy (non-hydrogen) atoms. The van der Waals surface area contributed by atoms with E-state index in [2.05, 4.69) is 20.1 Å². The minimum absolute atomic E-state index is 0.126. The fourth-order valence-electron chi connectivity index (χ4n) is 4.50. The number of carbonyl (C=O) groups is 1. The lowest BCUT2D eigenvalue weighted by atomic mass is 10.1. The Hall–Kier alpha value is -3.04. The molecule has 3 aromatic rings. The Morgan fingerprint density at radius 1 is 1.14 bits per heavy atom. The number of hydrogen-bond donors (Lipinski definition) is 0. The van der Waals surface area contributed by atoms with Crippen molar-refractivity contribution in [3.05, 3.63) is 31.0 Å². The lowest BCUT2D eigenvalue weighted by Crippen LogP contribution is -2.55. The van der Waals surface area contributed by atoms with Crippen molar-refractivity contribution in [2.45, 2.75) is 38.4 Å². The summed E-state index contributed by atoms with van der Waals surface area (Å²) in [7, 11) is 0. The molecule has 1 amide bonds. The number of carbonyl (C=O) groups excluding carboxylic acids is 1. The van der Waals surface area contributed by atoms with E-state index >= 15 is 0 Å². The van der Waals surface area contributed by atoms with Crippen LogP contribution in [0.5, 0.6) is 0 Å². The number of amides is 1. The standard InChI is InChI=1S/C18H19F2N7O/c1-11(28)27-14-2-3-15(27)9-24(8-14)17-16-4-12(6-25(16)23-10-21-17)13-5-22-26(7-13)18(19)20/h4-7,10,14-15,18H,2-3,8-9H2,1H3. The predicted octanol–water partition coefficient (Wildman–Crippen LogP) is 2.19. The fraction of sp³-hybridized carbons (Fsp3) is 0.444. The molecule has 0 aliphatic carbocycles. The Morgan fingerprint density at radius 3 is 2.54 bits per heavy atom. The highest BCUT2D eigenvalue weighted by Crippen LogP contribution is 2.34. The van der Waals surface area contributed by atoms with E-state index in [0.717, 1.165) is 42.8 Å². The van der Waals surface area contributed by atoms with Gasteiger partial charge in [0.25, 0.3) is 0 Å². The van der Waals surface area contributed by atoms with Gasteiger partial charge in [0, 0.05) is 55.6 Å². The van der Waals surface area contributed by atoms with Crippen LogP contribution >= 0.6 is 0 Å². The zero-order valence-corrected chi connectivity index (χ0v) is 15.2. The van der Waals surface area contributed by atoms with Crippen LogP contribution in [0.1, 0.15) is 26.3 Å². The summed E-state index contributed by atoms with van der Waals surface area (Å²) in [5.41, 5.74) is 2.15. The average Bonchev–Trinajstić information content (AvgIpc) is 3.36. The summed E-state index contributed by atoms with van der Waals surface area (Å²) in [6.07, 6.45) is 8.02. The van der Waals surface area contributed by atoms with Crippen LogP contribution in [-0.4, -0.2) is 60.4 Å². The molecule has 146 valence electrons. The molecule has 0 N–H and O–H groups in total. The first-order chi connectivity index (χ1) is 13.5. The van der Waals surface area contributed by atoms with Gasteiger partial charge in [-0.1, -0.05) is 0 Å². The number of nitrogens with zero attached hydrogens (tertiary/aromatic N) is 7. The molecule has 5 heterocycles. The van der Waals surface area contributed by atoms with Gasteiger partial charge in [0.05, 0.1) is 6.20 Å². The lowest BCUT2D eigenvalue weighted by Gasteiger charge is -2.41. The van der Waals surface area contributed by atoms with E-state index in [9.17, 15) is 13.6 Å². The smallest absolute Gasteiger partial charge is 0.333 e. The molecular weight excluding hydrogens is 368 g/mol. The summed E-state index contributed by atoms with van der Waals surface area (Å²) in [6.45, 7) is 0.413. The van der Waals surface area contributed by atoms with Crippen molar-refractivity contribution in [1.29, 1.82) is 0 Å². The lowest BCUT2D eigenvalue weighted by molar-refractivity contribution is -0.132. The summed E-state index contributed by atoms with van der Waals surface area (Å²) in [4.78, 5) is 20.6. The number of rotatable bonds is 3. The maximum absolute atomic E-state index is 12.8. The molecule has 0 aromatic carbocycles. The average molecular weight is 387 g/mol. The Bertz CT molecular complexity index is 1030. The monoisotopic (exact) mass is 387 g/mol. The predicted molar refractivity (Wildman–Crippen MR) is 97.0 cm³/mol. The molecule has 8 nitrogen and oxygen atoms in total. The van der Waals surface area contributed by atoms with Gasteiger partial charge in [-0.05, 0) is 18.9 Å². The highest BCUT2D eigenvalue weighted by molar-refractivity contribution is 5.78. The van der Waals surface area contributed by atoms with Crippen molar-refractivity contribution in [3.63, 3.8) is 0 Å². The summed E-state index contributed by atoms with van der Waals surface area (Å²) >= 11 is 0. The minimum Gasteiger partial charge on any atom is -0.351 e. The largest absolute Gasteiger partial charge is 0.351 e. The molecule has 2 aliphatic heterocycles. The van der Waals surface area contributed by atoms with Crippen LogP contribution < -0.4 is 4.90 Å². The first-order valence-corrected chi connectivity index (χ1v) is 9.21. The molecule has 2 fully saturated rings. The first-order valence-electron chi connectivity index (χ1n) is 9.21. The van der Waals surface area contributed by atoms with Crippen molar-refractivity contribution in [3.8, 4) is 11.1 Å². The van der Waals surface area contributed by atoms with Crippen molar-refractivity contribution in [2.24, 2.45) is 0 Å². The number of anilines is 1. The van der Waals surface area contributed by atoms with Crippen LogP contribution in [0.2, 0.25) is 0 Å². The van der Waals surface area contributed by atoms with Crippen molar-refractivity contribution in [1.82, 2.24) is 29.3 Å². The topological polar surface area (TPSA) is 71.6 Å². The van der Waals surface area contributed by atoms with Gasteiger partial charge < -0.3 is 9.80 Å². The van der Waals surface area contributed by atoms with E-state index in [0.29, 0.717) is 10.2 Å². The molecule has 0 saturated carbocycles. The molecule has 5 rings (SSSR count). The number of fused-ring (bicyclic) bond motifs is 3. The van der Waals surface area contributed by atoms with E-state index in [1.54, 1.807) is 17.6 Å². The molecule has 0 radical (unpaired) electrons. The maximum atomic E-state index is 12.8. The van der Waals surface area contributed by atoms with Crippen LogP contribution in [0.4, 0.5) is 14.6 Å². The fourth-order valence-corrected chi connectivity index (χ4v) is 4.50. The second-order valence-corrected chi connectivity index (χ2v) is 7.35. The summed E-state index contributed by atoms with van der Waals surface area (Å²) in [5, 5.41) is 7.96. The third-order valence-corrected chi connectivity index (χ3v) is 5.67. The van der Waals surface area contributed by atoms with E-state index in [1.807, 2.05) is 11.0 Å². The van der Waals surface area contributed by atoms with E-state index in [4.69, 9.17) is 0 Å². The zero-order valence-electron chi connectivity index (χ0n) is 15.2. The SMILES string of the molecule is CC(=O)N1C2CCC1CN(c1ncnn3cc(-c4cnn(C(F)F)c4)cc13)C2. The third-order valence-electron chi connectivity index (χ3n) is 5.67. The van der Waals surface area contributed by atoms with Crippen LogP contribution in [0, 0.1) is 0 Å². The maximum Gasteiger partial charge on any atom is 0.333 e. The Balaban J connectivity index is 1.49. The van der Waals surface area contributed by atoms with Gasteiger partial charge in [0.1, 0.15) is 11.8 Å². The van der Waals surface area contributed by atoms with Gasteiger partial charge in [-0.25, -0.2) is 14.2 Å². The van der Waals surface area contributed by atoms with Crippen molar-refractivity contribution < 1.29 is 13.6 Å². The number of hydrogen-bond acceptors (Lipinski definition) is 5. The van der Waals surface area contributed by atoms with Crippen LogP contribution in [0.15, 0.2) is 31.0 Å². The summed E-state index contributed by atoms with van der Waals surface area (Å²) in [6, 6.07) is 2.29. The van der Waals surface area contributed by atoms with Crippen molar-refractivity contribution >= 4 is 17.2 Å². The first kappa shape index (κ1) is 17.1. The van der Waals surface area contributed by atoms with Gasteiger partial charge in [-0.15, -0.1) is 0 Å². The summed E-state index contributed by atoms with van der Waals surface area (Å²) < 4.78 is 28.0. The number of halogens is 2. The van der Waals surface area contributed by atoms with Crippen LogP contribution in [0.25, 0.3) is 16.6 Å². The number of aromatic nitrogens is 5. The highest BCUT2D eigenvalue weighted by Gasteiger charge is 2.42. The molecule has 2 aliphatic rings. The van der Waals surface area contributed by atoms with E-state index in [1.165, 1.54) is 18.7 Å². The Kier molecular flexibility index (Phi) is 3.81. The molecular formula is C18H19F2N7O. The molecule has 2 saturated heterocycles. The normalized spacial score (nSPS) is 21.9. The molecule has 2 bridgehead atoms. The number of alkyl halides is 2. The Morgan fingerprint density at radius 2 is 1.89 bits per heavy atom. The van der Waals surface area contributed by atoms with Gasteiger partial charge in [-0.2, -0.15) is 19.0 Å². The van der Waals surface area contributed by atoms with Crippen molar-refractivity contribution in [2.75, 3.05) is 18.0 Å². The minimum atomic E-state index is -2.67. The van der Waals surface area contributed by atoms with Crippen LogP contribution in [-0.2, 0) is 4.79 Å². The number of piperazine rings is 1. The van der Waals surface area contributed by atoms with Gasteiger partial charge in [0.15, 0.2) is 5.82 Å². The van der Waals surface area contributed by atoms with Gasteiger partial charge >= 0.3 is 6.55 Å². The molecule has 2 unspecified atom stereocenters. The molecule has 10 heteroatoms. The third kappa shape index (κ3) is 2.62. The highest BCUT2D eigenvalue weighted by atomic mass is 19.3. The van der Waals surface area contributed by atoms with Gasteiger partial charge in [-0.3, -0.25) is 4.79 Å². The second-order valence-electron chi connectivity index (χ2n) is 7.35. The molecule has 2 atom stereocenters. The molecule has 0 spiro atoms. The molecule has 3 aromatic heterocycles. The van der Waals surface area contributed by atoms with E-state index in [-0.39, 0.29) is 18.0 Å². The van der Waals surface area contributed by atoms with E-state index < -0.39 is 6.55 Å². The zero-order chi connectivity index (χ0) is 19.4. The second kappa shape index (κ2) is 6.25.